The number of sulfonamides is 1. The first-order valence-corrected chi connectivity index (χ1v) is 14.7. The molecule has 0 atom stereocenters. The summed E-state index contributed by atoms with van der Waals surface area (Å²) in [5, 5.41) is 2.00. The molecule has 3 aromatic rings. The molecule has 1 amide bonds. The molecule has 8 nitrogen and oxygen atoms in total. The highest BCUT2D eigenvalue weighted by Gasteiger charge is 2.28. The first kappa shape index (κ1) is 29.5. The lowest BCUT2D eigenvalue weighted by atomic mass is 10.1. The first-order chi connectivity index (χ1) is 18.2. The number of nitrogens with zero attached hydrogens (tertiary/aromatic N) is 2. The second-order valence-electron chi connectivity index (χ2n) is 8.80. The largest absolute Gasteiger partial charge is 0.497 e. The molecule has 0 radical (unpaired) electrons. The summed E-state index contributed by atoms with van der Waals surface area (Å²) < 4.78 is 44.1. The summed E-state index contributed by atoms with van der Waals surface area (Å²) >= 11 is 1.59. The second-order valence-corrected chi connectivity index (χ2v) is 11.7. The molecular weight excluding hydrogens is 524 g/mol. The van der Waals surface area contributed by atoms with Gasteiger partial charge in [-0.25, -0.2) is 8.42 Å². The molecule has 1 heterocycles. The Hall–Kier alpha value is -3.08. The van der Waals surface area contributed by atoms with E-state index in [1.165, 1.54) is 23.5 Å². The zero-order valence-corrected chi connectivity index (χ0v) is 24.2. The minimum absolute atomic E-state index is 0.130. The Kier molecular flexibility index (Phi) is 10.6. The van der Waals surface area contributed by atoms with E-state index in [2.05, 4.69) is 0 Å². The van der Waals surface area contributed by atoms with Crippen LogP contribution in [0.15, 0.2) is 58.8 Å². The number of aryl methyl sites for hydroxylation is 1. The summed E-state index contributed by atoms with van der Waals surface area (Å²) in [5.74, 6) is 1.58. The molecule has 38 heavy (non-hydrogen) atoms. The number of ether oxygens (including phenoxy) is 3. The third kappa shape index (κ3) is 7.27. The van der Waals surface area contributed by atoms with Crippen molar-refractivity contribution in [3.63, 3.8) is 0 Å². The third-order valence-corrected chi connectivity index (χ3v) is 9.12. The molecule has 0 saturated carbocycles. The Balaban J connectivity index is 1.83. The molecule has 0 unspecified atom stereocenters. The number of methoxy groups -OCH3 is 3. The fraction of sp³-hybridized carbons (Fsp3) is 0.393. The van der Waals surface area contributed by atoms with Crippen LogP contribution in [0.25, 0.3) is 0 Å². The van der Waals surface area contributed by atoms with E-state index in [0.717, 1.165) is 16.0 Å². The van der Waals surface area contributed by atoms with Crippen LogP contribution in [0.1, 0.15) is 29.3 Å². The molecule has 0 fully saturated rings. The van der Waals surface area contributed by atoms with Gasteiger partial charge in [0.2, 0.25) is 15.9 Å². The summed E-state index contributed by atoms with van der Waals surface area (Å²) in [6, 6.07) is 13.9. The highest BCUT2D eigenvalue weighted by molar-refractivity contribution is 7.89. The summed E-state index contributed by atoms with van der Waals surface area (Å²) in [5.41, 5.74) is 2.09. The van der Waals surface area contributed by atoms with Crippen molar-refractivity contribution in [2.45, 2.75) is 38.1 Å². The number of carbonyl (C=O) groups excluding carboxylic acids is 1. The molecule has 0 aliphatic carbocycles. The van der Waals surface area contributed by atoms with E-state index in [4.69, 9.17) is 14.2 Å². The monoisotopic (exact) mass is 560 g/mol. The summed E-state index contributed by atoms with van der Waals surface area (Å²) in [6.07, 6.45) is 1.16. The number of hydrogen-bond donors (Lipinski definition) is 0. The van der Waals surface area contributed by atoms with Crippen molar-refractivity contribution >= 4 is 27.3 Å². The van der Waals surface area contributed by atoms with E-state index in [1.807, 2.05) is 43.5 Å². The number of thiophene rings is 1. The Morgan fingerprint density at radius 1 is 0.921 bits per heavy atom. The van der Waals surface area contributed by atoms with Gasteiger partial charge in [-0.3, -0.25) is 4.79 Å². The first-order valence-electron chi connectivity index (χ1n) is 12.4. The lowest BCUT2D eigenvalue weighted by Crippen LogP contribution is -2.43. The normalized spacial score (nSPS) is 11.4. The van der Waals surface area contributed by atoms with Crippen molar-refractivity contribution in [1.82, 2.24) is 9.21 Å². The molecule has 10 heteroatoms. The van der Waals surface area contributed by atoms with E-state index < -0.39 is 10.0 Å². The maximum Gasteiger partial charge on any atom is 0.243 e. The lowest BCUT2D eigenvalue weighted by Gasteiger charge is -2.27. The number of hydrogen-bond acceptors (Lipinski definition) is 7. The lowest BCUT2D eigenvalue weighted by molar-refractivity contribution is -0.132. The molecule has 0 bridgehead atoms. The Labute approximate surface area is 229 Å². The molecule has 0 aliphatic rings. The molecule has 1 aromatic heterocycles. The number of amides is 1. The third-order valence-electron chi connectivity index (χ3n) is 6.26. The number of carbonyl (C=O) groups is 1. The van der Waals surface area contributed by atoms with Gasteiger partial charge in [0, 0.05) is 18.0 Å². The number of rotatable bonds is 14. The molecule has 206 valence electrons. The Bertz CT molecular complexity index is 1310. The highest BCUT2D eigenvalue weighted by atomic mass is 32.2. The molecule has 2 aromatic carbocycles. The van der Waals surface area contributed by atoms with Crippen LogP contribution in [0.4, 0.5) is 0 Å². The predicted molar refractivity (Wildman–Crippen MR) is 150 cm³/mol. The van der Waals surface area contributed by atoms with Crippen molar-refractivity contribution in [2.75, 3.05) is 41.0 Å². The molecule has 0 N–H and O–H groups in total. The Morgan fingerprint density at radius 3 is 2.21 bits per heavy atom. The minimum Gasteiger partial charge on any atom is -0.497 e. The summed E-state index contributed by atoms with van der Waals surface area (Å²) in [6.45, 7) is 4.75. The van der Waals surface area contributed by atoms with Crippen LogP contribution in [0.2, 0.25) is 0 Å². The quantitative estimate of drug-likeness (QED) is 0.283. The van der Waals surface area contributed by atoms with Gasteiger partial charge in [0.1, 0.15) is 5.75 Å². The molecule has 0 aliphatic heterocycles. The average molecular weight is 561 g/mol. The van der Waals surface area contributed by atoms with E-state index >= 15 is 0 Å². The van der Waals surface area contributed by atoms with Crippen LogP contribution in [0.3, 0.4) is 0 Å². The van der Waals surface area contributed by atoms with E-state index in [0.29, 0.717) is 43.2 Å². The van der Waals surface area contributed by atoms with Gasteiger partial charge in [0.15, 0.2) is 11.5 Å². The highest BCUT2D eigenvalue weighted by Crippen LogP contribution is 2.28. The molecule has 3 rings (SSSR count). The smallest absolute Gasteiger partial charge is 0.243 e. The van der Waals surface area contributed by atoms with E-state index in [9.17, 15) is 13.2 Å². The van der Waals surface area contributed by atoms with Crippen LogP contribution in [0.5, 0.6) is 17.2 Å². The van der Waals surface area contributed by atoms with E-state index in [1.54, 1.807) is 42.6 Å². The SMILES string of the molecule is CCCN(CC(=O)N(CCc1ccc(OC)c(OC)c1)Cc1sccc1C)S(=O)(=O)c1ccc(OC)cc1. The van der Waals surface area contributed by atoms with Crippen molar-refractivity contribution in [3.8, 4) is 17.2 Å². The van der Waals surface area contributed by atoms with E-state index in [-0.39, 0.29) is 23.9 Å². The van der Waals surface area contributed by atoms with Gasteiger partial charge in [0.25, 0.3) is 0 Å². The van der Waals surface area contributed by atoms with Gasteiger partial charge in [0.05, 0.1) is 39.3 Å². The van der Waals surface area contributed by atoms with Crippen molar-refractivity contribution in [2.24, 2.45) is 0 Å². The van der Waals surface area contributed by atoms with Crippen LogP contribution in [-0.4, -0.2) is 64.5 Å². The molecular formula is C28H36N2O6S2. The van der Waals surface area contributed by atoms with Crippen LogP contribution in [-0.2, 0) is 27.8 Å². The van der Waals surface area contributed by atoms with Crippen LogP contribution in [0, 0.1) is 6.92 Å². The maximum absolute atomic E-state index is 13.6. The second kappa shape index (κ2) is 13.6. The molecule has 0 spiro atoms. The van der Waals surface area contributed by atoms with Gasteiger partial charge in [-0.2, -0.15) is 4.31 Å². The van der Waals surface area contributed by atoms with Crippen molar-refractivity contribution in [1.29, 1.82) is 0 Å². The zero-order chi connectivity index (χ0) is 27.7. The van der Waals surface area contributed by atoms with Gasteiger partial charge in [-0.05, 0) is 78.7 Å². The zero-order valence-electron chi connectivity index (χ0n) is 22.6. The van der Waals surface area contributed by atoms with Gasteiger partial charge >= 0.3 is 0 Å². The Morgan fingerprint density at radius 2 is 1.63 bits per heavy atom. The van der Waals surface area contributed by atoms with Gasteiger partial charge in [-0.15, -0.1) is 11.3 Å². The fourth-order valence-corrected chi connectivity index (χ4v) is 6.42. The maximum atomic E-state index is 13.6. The van der Waals surface area contributed by atoms with Crippen LogP contribution >= 0.6 is 11.3 Å². The minimum atomic E-state index is -3.87. The van der Waals surface area contributed by atoms with Gasteiger partial charge < -0.3 is 19.1 Å². The molecule has 0 saturated heterocycles. The average Bonchev–Trinajstić information content (AvgIpc) is 3.34. The predicted octanol–water partition coefficient (Wildman–Crippen LogP) is 4.75. The van der Waals surface area contributed by atoms with Crippen LogP contribution < -0.4 is 14.2 Å². The van der Waals surface area contributed by atoms with Gasteiger partial charge in [-0.1, -0.05) is 13.0 Å². The van der Waals surface area contributed by atoms with Crippen molar-refractivity contribution in [3.05, 3.63) is 69.9 Å². The summed E-state index contributed by atoms with van der Waals surface area (Å²) in [4.78, 5) is 16.6. The standard InChI is InChI=1S/C28H36N2O6S2/c1-6-15-30(38(32,33)24-10-8-23(34-3)9-11-24)20-28(31)29(19-27-21(2)14-17-37-27)16-13-22-7-12-25(35-4)26(18-22)36-5/h7-12,14,17-18H,6,13,15-16,19-20H2,1-5H3. The topological polar surface area (TPSA) is 85.4 Å². The fourth-order valence-electron chi connectivity index (χ4n) is 4.01. The number of benzene rings is 2. The van der Waals surface area contributed by atoms with Crippen molar-refractivity contribution < 1.29 is 27.4 Å². The summed E-state index contributed by atoms with van der Waals surface area (Å²) in [7, 11) is 0.830.